The molecule has 0 bridgehead atoms. The second-order valence-electron chi connectivity index (χ2n) is 1.52. The van der Waals surface area contributed by atoms with E-state index in [0.717, 1.165) is 0 Å². The second kappa shape index (κ2) is 3.38. The summed E-state index contributed by atoms with van der Waals surface area (Å²) >= 11 is 0. The molecule has 0 aromatic heterocycles. The topological polar surface area (TPSA) is 40.5 Å². The molecule has 0 radical (unpaired) electrons. The molecule has 1 aromatic carbocycles. The maximum Gasteiger partial charge on any atom is 0.119 e. The molecule has 0 fully saturated rings. The van der Waals surface area contributed by atoms with Crippen LogP contribution in [0.25, 0.3) is 0 Å². The predicted octanol–water partition coefficient (Wildman–Crippen LogP) is 1.10. The van der Waals surface area contributed by atoms with Crippen molar-refractivity contribution in [3.8, 4) is 11.5 Å². The summed E-state index contributed by atoms with van der Waals surface area (Å²) in [5.74, 6) is 0.176. The maximum absolute atomic E-state index is 8.65. The maximum atomic E-state index is 8.65. The van der Waals surface area contributed by atoms with Gasteiger partial charge in [0.15, 0.2) is 0 Å². The summed E-state index contributed by atoms with van der Waals surface area (Å²) in [6.45, 7) is 0. The van der Waals surface area contributed by atoms with Gasteiger partial charge in [-0.15, -0.1) is 0 Å². The third-order valence-corrected chi connectivity index (χ3v) is 0.830. The Kier molecular flexibility index (Phi) is 3.13. The average Bonchev–Trinajstić information content (AvgIpc) is 1.64. The molecule has 0 amide bonds. The van der Waals surface area contributed by atoms with Crippen LogP contribution in [0.1, 0.15) is 0 Å². The molecule has 0 heterocycles. The minimum Gasteiger partial charge on any atom is -0.508 e. The van der Waals surface area contributed by atoms with Crippen molar-refractivity contribution >= 4 is 0 Å². The zero-order valence-electron chi connectivity index (χ0n) is 4.56. The van der Waals surface area contributed by atoms with E-state index in [2.05, 4.69) is 0 Å². The van der Waals surface area contributed by atoms with Crippen molar-refractivity contribution < 1.29 is 27.3 Å². The number of phenols is 2. The third kappa shape index (κ3) is 2.40. The Bertz CT molecular complexity index is 171. The molecule has 9 heavy (non-hydrogen) atoms. The van der Waals surface area contributed by atoms with Crippen LogP contribution in [-0.2, 0) is 17.1 Å². The van der Waals surface area contributed by atoms with E-state index in [9.17, 15) is 0 Å². The van der Waals surface area contributed by atoms with E-state index in [1.54, 1.807) is 6.07 Å². The van der Waals surface area contributed by atoms with E-state index >= 15 is 0 Å². The average molecular weight is 166 g/mol. The van der Waals surface area contributed by atoms with Crippen LogP contribution >= 0.6 is 0 Å². The van der Waals surface area contributed by atoms with Gasteiger partial charge in [-0.2, -0.15) is 0 Å². The van der Waals surface area contributed by atoms with Crippen LogP contribution in [0.2, 0.25) is 0 Å². The minimum atomic E-state index is 0. The smallest absolute Gasteiger partial charge is 0.119 e. The molecule has 0 saturated heterocycles. The molecule has 0 aliphatic heterocycles. The van der Waals surface area contributed by atoms with Gasteiger partial charge in [-0.1, -0.05) is 6.07 Å². The standard InChI is InChI=1S/C6H6O2.Fe/c7-5-2-1-3-6(8)4-5;/h1-4,7-8H;. The van der Waals surface area contributed by atoms with E-state index in [-0.39, 0.29) is 28.6 Å². The predicted molar refractivity (Wildman–Crippen MR) is 29.8 cm³/mol. The second-order valence-corrected chi connectivity index (χ2v) is 1.52. The molecule has 3 heteroatoms. The Labute approximate surface area is 63.6 Å². The van der Waals surface area contributed by atoms with E-state index in [0.29, 0.717) is 0 Å². The summed E-state index contributed by atoms with van der Waals surface area (Å²) in [7, 11) is 0. The molecular formula is C6H6FeO2. The Morgan fingerprint density at radius 1 is 1.00 bits per heavy atom. The van der Waals surface area contributed by atoms with Gasteiger partial charge in [-0.25, -0.2) is 0 Å². The van der Waals surface area contributed by atoms with Crippen LogP contribution in [0.15, 0.2) is 24.3 Å². The number of aromatic hydroxyl groups is 2. The fourth-order valence-corrected chi connectivity index (χ4v) is 0.493. The van der Waals surface area contributed by atoms with Crippen molar-refractivity contribution in [2.24, 2.45) is 0 Å². The van der Waals surface area contributed by atoms with Gasteiger partial charge in [0.2, 0.25) is 0 Å². The van der Waals surface area contributed by atoms with Crippen molar-refractivity contribution in [3.05, 3.63) is 24.3 Å². The summed E-state index contributed by atoms with van der Waals surface area (Å²) in [5.41, 5.74) is 0. The molecule has 1 rings (SSSR count). The van der Waals surface area contributed by atoms with Crippen LogP contribution < -0.4 is 0 Å². The van der Waals surface area contributed by atoms with Crippen LogP contribution in [0.4, 0.5) is 0 Å². The Hall–Kier alpha value is -0.661. The largest absolute Gasteiger partial charge is 0.508 e. The number of phenolic OH excluding ortho intramolecular Hbond substituents is 2. The van der Waals surface area contributed by atoms with Gasteiger partial charge in [0.1, 0.15) is 11.5 Å². The van der Waals surface area contributed by atoms with Gasteiger partial charge < -0.3 is 10.2 Å². The van der Waals surface area contributed by atoms with Crippen LogP contribution in [0.5, 0.6) is 11.5 Å². The summed E-state index contributed by atoms with van der Waals surface area (Å²) in [4.78, 5) is 0. The monoisotopic (exact) mass is 166 g/mol. The molecule has 0 aliphatic rings. The molecule has 0 aliphatic carbocycles. The van der Waals surface area contributed by atoms with E-state index < -0.39 is 0 Å². The number of hydrogen-bond donors (Lipinski definition) is 2. The van der Waals surface area contributed by atoms with E-state index in [4.69, 9.17) is 10.2 Å². The summed E-state index contributed by atoms with van der Waals surface area (Å²) < 4.78 is 0. The fourth-order valence-electron chi connectivity index (χ4n) is 0.493. The molecule has 0 unspecified atom stereocenters. The molecule has 0 spiro atoms. The van der Waals surface area contributed by atoms with Gasteiger partial charge in [0.05, 0.1) is 0 Å². The summed E-state index contributed by atoms with van der Waals surface area (Å²) in [6, 6.07) is 5.85. The van der Waals surface area contributed by atoms with Gasteiger partial charge in [-0.3, -0.25) is 0 Å². The first-order chi connectivity index (χ1) is 3.79. The van der Waals surface area contributed by atoms with Crippen molar-refractivity contribution in [2.75, 3.05) is 0 Å². The van der Waals surface area contributed by atoms with Gasteiger partial charge in [-0.05, 0) is 12.1 Å². The Morgan fingerprint density at radius 3 is 1.67 bits per heavy atom. The van der Waals surface area contributed by atoms with Crippen molar-refractivity contribution in [2.45, 2.75) is 0 Å². The van der Waals surface area contributed by atoms with Crippen molar-refractivity contribution in [1.82, 2.24) is 0 Å². The molecule has 50 valence electrons. The summed E-state index contributed by atoms with van der Waals surface area (Å²) in [5, 5.41) is 17.3. The minimum absolute atomic E-state index is 0. The number of hydrogen-bond acceptors (Lipinski definition) is 2. The molecule has 2 nitrogen and oxygen atoms in total. The Balaban J connectivity index is 0.000000640. The summed E-state index contributed by atoms with van der Waals surface area (Å²) in [6.07, 6.45) is 0. The molecule has 0 saturated carbocycles. The molecular weight excluding hydrogens is 160 g/mol. The van der Waals surface area contributed by atoms with Gasteiger partial charge in [0.25, 0.3) is 0 Å². The molecule has 0 atom stereocenters. The number of rotatable bonds is 0. The van der Waals surface area contributed by atoms with E-state index in [1.807, 2.05) is 0 Å². The SMILES string of the molecule is Oc1cccc(O)c1.[Fe]. The van der Waals surface area contributed by atoms with Crippen molar-refractivity contribution in [3.63, 3.8) is 0 Å². The fraction of sp³-hybridized carbons (Fsp3) is 0. The normalized spacial score (nSPS) is 8.00. The molecule has 2 N–H and O–H groups in total. The Morgan fingerprint density at radius 2 is 1.44 bits per heavy atom. The van der Waals surface area contributed by atoms with Gasteiger partial charge >= 0.3 is 0 Å². The number of benzene rings is 1. The first-order valence-corrected chi connectivity index (χ1v) is 2.27. The third-order valence-electron chi connectivity index (χ3n) is 0.830. The van der Waals surface area contributed by atoms with Crippen LogP contribution in [0, 0.1) is 0 Å². The zero-order valence-corrected chi connectivity index (χ0v) is 5.66. The first kappa shape index (κ1) is 8.34. The van der Waals surface area contributed by atoms with E-state index in [1.165, 1.54) is 18.2 Å². The van der Waals surface area contributed by atoms with Gasteiger partial charge in [0, 0.05) is 23.1 Å². The van der Waals surface area contributed by atoms with Crippen LogP contribution in [-0.4, -0.2) is 10.2 Å². The van der Waals surface area contributed by atoms with Crippen LogP contribution in [0.3, 0.4) is 0 Å². The zero-order chi connectivity index (χ0) is 5.98. The first-order valence-electron chi connectivity index (χ1n) is 2.27. The quantitative estimate of drug-likeness (QED) is 0.566. The van der Waals surface area contributed by atoms with Crippen molar-refractivity contribution in [1.29, 1.82) is 0 Å². The molecule has 1 aromatic rings.